The van der Waals surface area contributed by atoms with Crippen LogP contribution >= 0.6 is 0 Å². The Kier molecular flexibility index (Phi) is 1.79. The van der Waals surface area contributed by atoms with Crippen molar-refractivity contribution >= 4 is 16.9 Å². The lowest BCUT2D eigenvalue weighted by atomic mass is 9.94. The van der Waals surface area contributed by atoms with Crippen LogP contribution in [0.25, 0.3) is 10.9 Å². The minimum absolute atomic E-state index is 0.591. The maximum absolute atomic E-state index is 11.5. The summed E-state index contributed by atoms with van der Waals surface area (Å²) < 4.78 is 2.26. The Hall–Kier alpha value is -1.77. The fourth-order valence-electron chi connectivity index (χ4n) is 3.36. The Morgan fingerprint density at radius 2 is 2.17 bits per heavy atom. The molecule has 3 heteroatoms. The molecule has 0 spiro atoms. The summed E-state index contributed by atoms with van der Waals surface area (Å²) in [5, 5.41) is 10.6. The minimum Gasteiger partial charge on any atom is -0.481 e. The monoisotopic (exact) mass is 241 g/mol. The van der Waals surface area contributed by atoms with Gasteiger partial charge >= 0.3 is 5.97 Å². The zero-order chi connectivity index (χ0) is 12.3. The molecule has 1 N–H and O–H groups in total. The van der Waals surface area contributed by atoms with E-state index in [0.717, 1.165) is 43.2 Å². The van der Waals surface area contributed by atoms with Crippen LogP contribution in [0.3, 0.4) is 0 Å². The first-order valence-corrected chi connectivity index (χ1v) is 6.57. The van der Waals surface area contributed by atoms with Gasteiger partial charge in [0.2, 0.25) is 0 Å². The third-order valence-electron chi connectivity index (χ3n) is 4.50. The molecule has 92 valence electrons. The first-order valence-electron chi connectivity index (χ1n) is 6.57. The molecule has 2 aromatic rings. The van der Waals surface area contributed by atoms with Crippen LogP contribution in [0.2, 0.25) is 0 Å². The second-order valence-electron chi connectivity index (χ2n) is 5.54. The summed E-state index contributed by atoms with van der Waals surface area (Å²) in [6.45, 7) is 1.02. The molecule has 3 nitrogen and oxygen atoms in total. The van der Waals surface area contributed by atoms with E-state index in [1.165, 1.54) is 11.1 Å². The fourth-order valence-corrected chi connectivity index (χ4v) is 3.36. The van der Waals surface area contributed by atoms with Crippen LogP contribution in [-0.2, 0) is 23.2 Å². The van der Waals surface area contributed by atoms with Gasteiger partial charge in [0.05, 0.1) is 10.9 Å². The second kappa shape index (κ2) is 3.16. The van der Waals surface area contributed by atoms with Crippen molar-refractivity contribution in [2.24, 2.45) is 0 Å². The van der Waals surface area contributed by atoms with Crippen molar-refractivity contribution in [3.05, 3.63) is 35.5 Å². The van der Waals surface area contributed by atoms with Gasteiger partial charge in [-0.25, -0.2) is 0 Å². The maximum atomic E-state index is 11.5. The topological polar surface area (TPSA) is 42.2 Å². The van der Waals surface area contributed by atoms with E-state index < -0.39 is 11.4 Å². The number of carbonyl (C=O) groups is 1. The van der Waals surface area contributed by atoms with E-state index in [-0.39, 0.29) is 0 Å². The van der Waals surface area contributed by atoms with Crippen LogP contribution in [0.1, 0.15) is 30.4 Å². The van der Waals surface area contributed by atoms with E-state index in [0.29, 0.717) is 0 Å². The molecular formula is C15H15NO2. The average Bonchev–Trinajstić information content (AvgIpc) is 3.10. The Bertz CT molecular complexity index is 664. The number of benzene rings is 1. The highest BCUT2D eigenvalue weighted by Gasteiger charge is 2.53. The van der Waals surface area contributed by atoms with Crippen LogP contribution in [0.4, 0.5) is 0 Å². The number of carboxylic acid groups (broad SMARTS) is 1. The Morgan fingerprint density at radius 1 is 1.33 bits per heavy atom. The zero-order valence-corrected chi connectivity index (χ0v) is 10.1. The molecule has 1 fully saturated rings. The summed E-state index contributed by atoms with van der Waals surface area (Å²) in [4.78, 5) is 11.5. The summed E-state index contributed by atoms with van der Waals surface area (Å²) >= 11 is 0. The lowest BCUT2D eigenvalue weighted by Gasteiger charge is -2.14. The van der Waals surface area contributed by atoms with E-state index in [4.69, 9.17) is 0 Å². The van der Waals surface area contributed by atoms with Crippen LogP contribution in [0.5, 0.6) is 0 Å². The van der Waals surface area contributed by atoms with Gasteiger partial charge in [0.25, 0.3) is 0 Å². The highest BCUT2D eigenvalue weighted by atomic mass is 16.4. The van der Waals surface area contributed by atoms with Crippen molar-refractivity contribution in [3.63, 3.8) is 0 Å². The lowest BCUT2D eigenvalue weighted by Crippen LogP contribution is -2.19. The molecule has 0 bridgehead atoms. The van der Waals surface area contributed by atoms with Gasteiger partial charge in [0.15, 0.2) is 0 Å². The zero-order valence-electron chi connectivity index (χ0n) is 10.1. The summed E-state index contributed by atoms with van der Waals surface area (Å²) in [6.07, 6.45) is 5.92. The molecule has 0 radical (unpaired) electrons. The molecule has 0 atom stereocenters. The predicted octanol–water partition coefficient (Wildman–Crippen LogP) is 2.70. The number of nitrogens with zero attached hydrogens (tertiary/aromatic N) is 1. The molecule has 2 aliphatic rings. The van der Waals surface area contributed by atoms with Crippen molar-refractivity contribution < 1.29 is 9.90 Å². The number of aromatic nitrogens is 1. The molecule has 1 aliphatic carbocycles. The van der Waals surface area contributed by atoms with Crippen molar-refractivity contribution in [3.8, 4) is 0 Å². The molecule has 0 amide bonds. The fraction of sp³-hybridized carbons (Fsp3) is 0.400. The highest BCUT2D eigenvalue weighted by molar-refractivity contribution is 5.96. The molecule has 0 saturated heterocycles. The molecule has 1 saturated carbocycles. The quantitative estimate of drug-likeness (QED) is 0.878. The van der Waals surface area contributed by atoms with Crippen LogP contribution < -0.4 is 0 Å². The van der Waals surface area contributed by atoms with E-state index in [1.54, 1.807) is 0 Å². The van der Waals surface area contributed by atoms with Crippen molar-refractivity contribution in [1.82, 2.24) is 4.57 Å². The molecule has 4 rings (SSSR count). The third kappa shape index (κ3) is 1.12. The number of aryl methyl sites for hydroxylation is 2. The smallest absolute Gasteiger partial charge is 0.314 e. The Morgan fingerprint density at radius 3 is 2.89 bits per heavy atom. The molecule has 0 unspecified atom stereocenters. The van der Waals surface area contributed by atoms with Gasteiger partial charge in [0.1, 0.15) is 0 Å². The van der Waals surface area contributed by atoms with Crippen molar-refractivity contribution in [1.29, 1.82) is 0 Å². The molecular weight excluding hydrogens is 226 g/mol. The average molecular weight is 241 g/mol. The minimum atomic E-state index is -0.661. The standard InChI is InChI=1S/C15H15NO2/c17-14(18)15(6-7-15)12-9-16-8-2-4-10-3-1-5-11(12)13(10)16/h1,3,5,9H,2,4,6-8H2,(H,17,18). The Balaban J connectivity index is 2.04. The van der Waals surface area contributed by atoms with E-state index >= 15 is 0 Å². The SMILES string of the molecule is O=C(O)C1(c2cn3c4c(cccc24)CCC3)CC1. The molecule has 1 aromatic heterocycles. The second-order valence-corrected chi connectivity index (χ2v) is 5.54. The van der Waals surface area contributed by atoms with Gasteiger partial charge in [-0.05, 0) is 36.8 Å². The maximum Gasteiger partial charge on any atom is 0.314 e. The molecule has 1 aliphatic heterocycles. The highest BCUT2D eigenvalue weighted by Crippen LogP contribution is 2.51. The van der Waals surface area contributed by atoms with Gasteiger partial charge < -0.3 is 9.67 Å². The largest absolute Gasteiger partial charge is 0.481 e. The van der Waals surface area contributed by atoms with Gasteiger partial charge in [-0.15, -0.1) is 0 Å². The van der Waals surface area contributed by atoms with E-state index in [1.807, 2.05) is 0 Å². The van der Waals surface area contributed by atoms with E-state index in [9.17, 15) is 9.90 Å². The lowest BCUT2D eigenvalue weighted by molar-refractivity contribution is -0.140. The third-order valence-corrected chi connectivity index (χ3v) is 4.50. The van der Waals surface area contributed by atoms with Gasteiger partial charge in [-0.3, -0.25) is 4.79 Å². The van der Waals surface area contributed by atoms with Crippen molar-refractivity contribution in [2.45, 2.75) is 37.6 Å². The van der Waals surface area contributed by atoms with Gasteiger partial charge in [-0.1, -0.05) is 18.2 Å². The summed E-state index contributed by atoms with van der Waals surface area (Å²) in [5.74, 6) is -0.661. The van der Waals surface area contributed by atoms with Crippen LogP contribution in [-0.4, -0.2) is 15.6 Å². The molecule has 2 heterocycles. The van der Waals surface area contributed by atoms with Crippen LogP contribution in [0, 0.1) is 0 Å². The number of aliphatic carboxylic acids is 1. The number of para-hydroxylation sites is 1. The molecule has 1 aromatic carbocycles. The predicted molar refractivity (Wildman–Crippen MR) is 68.8 cm³/mol. The normalized spacial score (nSPS) is 20.0. The summed E-state index contributed by atoms with van der Waals surface area (Å²) in [7, 11) is 0. The first kappa shape index (κ1) is 10.2. The summed E-state index contributed by atoms with van der Waals surface area (Å²) in [5.41, 5.74) is 3.08. The van der Waals surface area contributed by atoms with E-state index in [2.05, 4.69) is 29.0 Å². The number of hydrogen-bond donors (Lipinski definition) is 1. The number of rotatable bonds is 2. The van der Waals surface area contributed by atoms with Gasteiger partial charge in [-0.2, -0.15) is 0 Å². The van der Waals surface area contributed by atoms with Gasteiger partial charge in [0, 0.05) is 18.1 Å². The number of hydrogen-bond acceptors (Lipinski definition) is 1. The van der Waals surface area contributed by atoms with Crippen LogP contribution in [0.15, 0.2) is 24.4 Å². The summed E-state index contributed by atoms with van der Waals surface area (Å²) in [6, 6.07) is 6.32. The first-order chi connectivity index (χ1) is 8.72. The number of carboxylic acids is 1. The van der Waals surface area contributed by atoms with Crippen molar-refractivity contribution in [2.75, 3.05) is 0 Å². The Labute approximate surface area is 105 Å². The molecule has 18 heavy (non-hydrogen) atoms.